The molecule has 0 aliphatic carbocycles. The van der Waals surface area contributed by atoms with Crippen molar-refractivity contribution >= 4 is 28.2 Å². The number of hydrogen-bond donors (Lipinski definition) is 2. The predicted molar refractivity (Wildman–Crippen MR) is 74.5 cm³/mol. The van der Waals surface area contributed by atoms with E-state index in [9.17, 15) is 18.0 Å². The van der Waals surface area contributed by atoms with E-state index in [2.05, 4.69) is 10.3 Å². The van der Waals surface area contributed by atoms with E-state index in [4.69, 9.17) is 10.5 Å². The molecular formula is C11H17F3N4O2S. The van der Waals surface area contributed by atoms with Gasteiger partial charge in [0.25, 0.3) is 5.91 Å². The van der Waals surface area contributed by atoms with Crippen LogP contribution in [0.3, 0.4) is 0 Å². The second-order valence-corrected chi connectivity index (χ2v) is 5.24. The van der Waals surface area contributed by atoms with Gasteiger partial charge in [0.2, 0.25) is 0 Å². The van der Waals surface area contributed by atoms with Crippen LogP contribution in [0, 0.1) is 0 Å². The Labute approximate surface area is 124 Å². The standard InChI is InChI=1S/C11H17F3N4O2S/c1-18(5-3-11(12,13)14)9(19)7-8(15)17-10(21-7)16-4-6-20-2/h3-6,15H2,1-2H3,(H,16,17). The average molecular weight is 326 g/mol. The van der Waals surface area contributed by atoms with Crippen molar-refractivity contribution in [3.63, 3.8) is 0 Å². The number of anilines is 2. The third-order valence-electron chi connectivity index (χ3n) is 2.51. The van der Waals surface area contributed by atoms with E-state index in [1.54, 1.807) is 7.11 Å². The number of nitrogen functional groups attached to an aromatic ring is 1. The lowest BCUT2D eigenvalue weighted by atomic mass is 10.3. The molecule has 21 heavy (non-hydrogen) atoms. The Hall–Kier alpha value is -1.55. The second-order valence-electron chi connectivity index (χ2n) is 4.24. The van der Waals surface area contributed by atoms with Gasteiger partial charge in [0.1, 0.15) is 10.7 Å². The number of aromatic nitrogens is 1. The molecule has 0 aromatic carbocycles. The first-order valence-electron chi connectivity index (χ1n) is 6.06. The molecule has 0 saturated carbocycles. The Morgan fingerprint density at radius 1 is 1.52 bits per heavy atom. The number of ether oxygens (including phenoxy) is 1. The van der Waals surface area contributed by atoms with Gasteiger partial charge in [0, 0.05) is 27.2 Å². The van der Waals surface area contributed by atoms with Gasteiger partial charge >= 0.3 is 6.18 Å². The number of hydrogen-bond acceptors (Lipinski definition) is 6. The SMILES string of the molecule is COCCNc1nc(N)c(C(=O)N(C)CCC(F)(F)F)s1. The van der Waals surface area contributed by atoms with Crippen molar-refractivity contribution in [1.82, 2.24) is 9.88 Å². The molecule has 0 atom stereocenters. The molecule has 1 heterocycles. The number of nitrogens with zero attached hydrogens (tertiary/aromatic N) is 2. The quantitative estimate of drug-likeness (QED) is 0.747. The van der Waals surface area contributed by atoms with Crippen molar-refractivity contribution in [1.29, 1.82) is 0 Å². The van der Waals surface area contributed by atoms with Gasteiger partial charge in [-0.05, 0) is 0 Å². The molecule has 0 radical (unpaired) electrons. The predicted octanol–water partition coefficient (Wildman–Crippen LogP) is 1.81. The van der Waals surface area contributed by atoms with Crippen LogP contribution in [0.4, 0.5) is 24.1 Å². The number of carbonyl (C=O) groups excluding carboxylic acids is 1. The molecular weight excluding hydrogens is 309 g/mol. The Balaban J connectivity index is 2.64. The maximum Gasteiger partial charge on any atom is 0.390 e. The largest absolute Gasteiger partial charge is 0.390 e. The average Bonchev–Trinajstić information content (AvgIpc) is 2.76. The fourth-order valence-electron chi connectivity index (χ4n) is 1.39. The molecule has 0 saturated heterocycles. The lowest BCUT2D eigenvalue weighted by Crippen LogP contribution is -2.30. The summed E-state index contributed by atoms with van der Waals surface area (Å²) < 4.78 is 41.3. The van der Waals surface area contributed by atoms with Crippen molar-refractivity contribution in [2.75, 3.05) is 44.9 Å². The van der Waals surface area contributed by atoms with E-state index in [0.29, 0.717) is 18.3 Å². The number of amides is 1. The number of rotatable bonds is 7. The Morgan fingerprint density at radius 3 is 2.76 bits per heavy atom. The van der Waals surface area contributed by atoms with E-state index in [1.165, 1.54) is 7.05 Å². The number of thiazole rings is 1. The van der Waals surface area contributed by atoms with Crippen molar-refractivity contribution < 1.29 is 22.7 Å². The van der Waals surface area contributed by atoms with Crippen LogP contribution in [-0.4, -0.2) is 55.8 Å². The highest BCUT2D eigenvalue weighted by molar-refractivity contribution is 7.18. The van der Waals surface area contributed by atoms with Crippen LogP contribution in [-0.2, 0) is 4.74 Å². The molecule has 1 aromatic rings. The summed E-state index contributed by atoms with van der Waals surface area (Å²) in [6, 6.07) is 0. The van der Waals surface area contributed by atoms with Gasteiger partial charge < -0.3 is 20.7 Å². The monoisotopic (exact) mass is 326 g/mol. The van der Waals surface area contributed by atoms with Gasteiger partial charge in [-0.15, -0.1) is 0 Å². The Bertz CT molecular complexity index is 479. The van der Waals surface area contributed by atoms with E-state index >= 15 is 0 Å². The van der Waals surface area contributed by atoms with E-state index in [-0.39, 0.29) is 10.7 Å². The van der Waals surface area contributed by atoms with Crippen molar-refractivity contribution in [3.05, 3.63) is 4.88 Å². The minimum atomic E-state index is -4.30. The van der Waals surface area contributed by atoms with Gasteiger partial charge in [-0.1, -0.05) is 11.3 Å². The zero-order valence-corrected chi connectivity index (χ0v) is 12.5. The number of nitrogens with one attached hydrogen (secondary N) is 1. The van der Waals surface area contributed by atoms with Gasteiger partial charge in [-0.25, -0.2) is 4.98 Å². The summed E-state index contributed by atoms with van der Waals surface area (Å²) in [5.74, 6) is -0.571. The zero-order valence-electron chi connectivity index (χ0n) is 11.7. The van der Waals surface area contributed by atoms with Gasteiger partial charge in [-0.2, -0.15) is 13.2 Å². The highest BCUT2D eigenvalue weighted by Crippen LogP contribution is 2.26. The molecule has 1 amide bonds. The lowest BCUT2D eigenvalue weighted by molar-refractivity contribution is -0.136. The van der Waals surface area contributed by atoms with Crippen molar-refractivity contribution in [2.24, 2.45) is 0 Å². The number of carbonyl (C=O) groups is 1. The van der Waals surface area contributed by atoms with E-state index < -0.39 is 25.0 Å². The summed E-state index contributed by atoms with van der Waals surface area (Å²) >= 11 is 1.00. The number of alkyl halides is 3. The van der Waals surface area contributed by atoms with Gasteiger partial charge in [0.15, 0.2) is 5.13 Å². The Morgan fingerprint density at radius 2 is 2.19 bits per heavy atom. The fourth-order valence-corrected chi connectivity index (χ4v) is 2.30. The molecule has 0 aliphatic rings. The summed E-state index contributed by atoms with van der Waals surface area (Å²) in [4.78, 5) is 17.1. The summed E-state index contributed by atoms with van der Waals surface area (Å²) in [6.07, 6.45) is -5.37. The topological polar surface area (TPSA) is 80.5 Å². The molecule has 0 aliphatic heterocycles. The summed E-state index contributed by atoms with van der Waals surface area (Å²) in [7, 11) is 2.84. The molecule has 120 valence electrons. The van der Waals surface area contributed by atoms with Crippen LogP contribution < -0.4 is 11.1 Å². The molecule has 0 unspecified atom stereocenters. The number of halogens is 3. The Kier molecular flexibility index (Phi) is 6.21. The van der Waals surface area contributed by atoms with Gasteiger partial charge in [0.05, 0.1) is 13.0 Å². The molecule has 0 fully saturated rings. The zero-order chi connectivity index (χ0) is 16.0. The van der Waals surface area contributed by atoms with Crippen molar-refractivity contribution in [3.8, 4) is 0 Å². The maximum atomic E-state index is 12.1. The molecule has 1 rings (SSSR count). The first-order valence-corrected chi connectivity index (χ1v) is 6.87. The smallest absolute Gasteiger partial charge is 0.383 e. The lowest BCUT2D eigenvalue weighted by Gasteiger charge is -2.17. The highest BCUT2D eigenvalue weighted by atomic mass is 32.1. The third kappa shape index (κ3) is 5.76. The number of methoxy groups -OCH3 is 1. The van der Waals surface area contributed by atoms with Crippen LogP contribution in [0.5, 0.6) is 0 Å². The van der Waals surface area contributed by atoms with E-state index in [0.717, 1.165) is 16.2 Å². The highest BCUT2D eigenvalue weighted by Gasteiger charge is 2.29. The summed E-state index contributed by atoms with van der Waals surface area (Å²) in [5, 5.41) is 3.34. The normalized spacial score (nSPS) is 11.5. The van der Waals surface area contributed by atoms with Crippen LogP contribution in [0.1, 0.15) is 16.1 Å². The van der Waals surface area contributed by atoms with Gasteiger partial charge in [-0.3, -0.25) is 4.79 Å². The van der Waals surface area contributed by atoms with Crippen LogP contribution in [0.2, 0.25) is 0 Å². The van der Waals surface area contributed by atoms with Crippen molar-refractivity contribution in [2.45, 2.75) is 12.6 Å². The van der Waals surface area contributed by atoms with Crippen LogP contribution >= 0.6 is 11.3 Å². The van der Waals surface area contributed by atoms with Crippen LogP contribution in [0.15, 0.2) is 0 Å². The first kappa shape index (κ1) is 17.5. The molecule has 3 N–H and O–H groups in total. The molecule has 10 heteroatoms. The first-order chi connectivity index (χ1) is 9.74. The molecule has 6 nitrogen and oxygen atoms in total. The molecule has 0 bridgehead atoms. The maximum absolute atomic E-state index is 12.1. The molecule has 1 aromatic heterocycles. The van der Waals surface area contributed by atoms with Crippen LogP contribution in [0.25, 0.3) is 0 Å². The molecule has 0 spiro atoms. The fraction of sp³-hybridized carbons (Fsp3) is 0.636. The second kappa shape index (κ2) is 7.46. The minimum Gasteiger partial charge on any atom is -0.383 e. The minimum absolute atomic E-state index is 0.00350. The summed E-state index contributed by atoms with van der Waals surface area (Å²) in [6.45, 7) is 0.515. The third-order valence-corrected chi connectivity index (χ3v) is 3.52. The summed E-state index contributed by atoms with van der Waals surface area (Å²) in [5.41, 5.74) is 5.62. The van der Waals surface area contributed by atoms with E-state index in [1.807, 2.05) is 0 Å². The number of nitrogens with two attached hydrogens (primary N) is 1.